The van der Waals surface area contributed by atoms with Crippen molar-refractivity contribution in [1.29, 1.82) is 0 Å². The summed E-state index contributed by atoms with van der Waals surface area (Å²) in [7, 11) is 6.10. The van der Waals surface area contributed by atoms with Gasteiger partial charge in [0.25, 0.3) is 6.43 Å². The van der Waals surface area contributed by atoms with Crippen LogP contribution in [0.5, 0.6) is 5.75 Å². The number of carbonyl (C=O) groups is 1. The molecular weight excluding hydrogens is 368 g/mol. The Morgan fingerprint density at radius 3 is 2.36 bits per heavy atom. The SMILES string of the molecule is COC(=O)c1ccc(CC(=C=O)N(C)C)cc1-c1cc(C(F)F)ccc1OC. The van der Waals surface area contributed by atoms with Crippen LogP contribution >= 0.6 is 0 Å². The van der Waals surface area contributed by atoms with Gasteiger partial charge in [0.1, 0.15) is 17.4 Å². The summed E-state index contributed by atoms with van der Waals surface area (Å²) in [6, 6.07) is 8.88. The van der Waals surface area contributed by atoms with Crippen LogP contribution < -0.4 is 4.74 Å². The maximum atomic E-state index is 13.2. The number of likely N-dealkylation sites (N-methyl/N-ethyl adjacent to an activating group) is 1. The number of hydrogen-bond acceptors (Lipinski definition) is 5. The van der Waals surface area contributed by atoms with Gasteiger partial charge in [-0.15, -0.1) is 0 Å². The van der Waals surface area contributed by atoms with Crippen LogP contribution in [-0.2, 0) is 16.0 Å². The number of halogens is 2. The predicted molar refractivity (Wildman–Crippen MR) is 101 cm³/mol. The Labute approximate surface area is 162 Å². The maximum Gasteiger partial charge on any atom is 0.338 e. The summed E-state index contributed by atoms with van der Waals surface area (Å²) in [6.45, 7) is 0. The number of rotatable bonds is 7. The normalized spacial score (nSPS) is 10.4. The Morgan fingerprint density at radius 2 is 1.82 bits per heavy atom. The molecule has 5 nitrogen and oxygen atoms in total. The van der Waals surface area contributed by atoms with E-state index in [4.69, 9.17) is 9.47 Å². The van der Waals surface area contributed by atoms with Gasteiger partial charge in [0, 0.05) is 37.2 Å². The van der Waals surface area contributed by atoms with Crippen molar-refractivity contribution in [1.82, 2.24) is 4.90 Å². The summed E-state index contributed by atoms with van der Waals surface area (Å²) in [5, 5.41) is 0. The molecule has 0 atom stereocenters. The van der Waals surface area contributed by atoms with E-state index in [1.54, 1.807) is 37.2 Å². The first-order valence-electron chi connectivity index (χ1n) is 8.41. The van der Waals surface area contributed by atoms with Crippen molar-refractivity contribution in [3.63, 3.8) is 0 Å². The van der Waals surface area contributed by atoms with Gasteiger partial charge in [-0.05, 0) is 35.9 Å². The van der Waals surface area contributed by atoms with Gasteiger partial charge in [-0.1, -0.05) is 6.07 Å². The third-order valence-electron chi connectivity index (χ3n) is 4.28. The minimum atomic E-state index is -2.67. The molecule has 2 rings (SSSR count). The Morgan fingerprint density at radius 1 is 1.11 bits per heavy atom. The molecule has 7 heteroatoms. The zero-order valence-electron chi connectivity index (χ0n) is 16.1. The summed E-state index contributed by atoms with van der Waals surface area (Å²) < 4.78 is 36.6. The first kappa shape index (κ1) is 21.1. The van der Waals surface area contributed by atoms with E-state index in [9.17, 15) is 18.4 Å². The minimum absolute atomic E-state index is 0.196. The summed E-state index contributed by atoms with van der Waals surface area (Å²) in [4.78, 5) is 25.0. The lowest BCUT2D eigenvalue weighted by Gasteiger charge is -2.17. The zero-order valence-corrected chi connectivity index (χ0v) is 16.1. The van der Waals surface area contributed by atoms with Gasteiger partial charge in [-0.2, -0.15) is 0 Å². The number of hydrogen-bond donors (Lipinski definition) is 0. The van der Waals surface area contributed by atoms with E-state index in [0.29, 0.717) is 28.1 Å². The standard InChI is InChI=1S/C21H21F2NO4/c1-24(2)15(12-25)9-13-5-7-16(21(26)28-4)17(10-13)18-11-14(20(22)23)6-8-19(18)27-3/h5-8,10-11,20H,9H2,1-4H3. The topological polar surface area (TPSA) is 55.8 Å². The number of esters is 1. The highest BCUT2D eigenvalue weighted by Gasteiger charge is 2.20. The summed E-state index contributed by atoms with van der Waals surface area (Å²) in [5.41, 5.74) is 1.84. The second kappa shape index (κ2) is 9.15. The molecule has 0 radical (unpaired) electrons. The molecule has 0 N–H and O–H groups in total. The van der Waals surface area contributed by atoms with Crippen LogP contribution in [0.15, 0.2) is 42.1 Å². The quantitative estimate of drug-likeness (QED) is 0.531. The molecule has 0 spiro atoms. The average Bonchev–Trinajstić information content (AvgIpc) is 2.70. The van der Waals surface area contributed by atoms with Crippen molar-refractivity contribution in [2.45, 2.75) is 12.8 Å². The fraction of sp³-hybridized carbons (Fsp3) is 0.286. The molecule has 0 aliphatic rings. The van der Waals surface area contributed by atoms with Crippen molar-refractivity contribution in [2.75, 3.05) is 28.3 Å². The molecule has 2 aromatic carbocycles. The van der Waals surface area contributed by atoms with Crippen molar-refractivity contribution >= 4 is 11.9 Å². The molecule has 0 amide bonds. The third-order valence-corrected chi connectivity index (χ3v) is 4.28. The number of nitrogens with zero attached hydrogens (tertiary/aromatic N) is 1. The van der Waals surface area contributed by atoms with Gasteiger partial charge in [0.15, 0.2) is 0 Å². The van der Waals surface area contributed by atoms with Gasteiger partial charge in [0.2, 0.25) is 0 Å². The van der Waals surface area contributed by atoms with E-state index < -0.39 is 12.4 Å². The number of alkyl halides is 2. The van der Waals surface area contributed by atoms with Crippen LogP contribution in [0.2, 0.25) is 0 Å². The largest absolute Gasteiger partial charge is 0.496 e. The molecule has 0 unspecified atom stereocenters. The Kier molecular flexibility index (Phi) is 6.90. The predicted octanol–water partition coefficient (Wildman–Crippen LogP) is 3.91. The number of allylic oxidation sites excluding steroid dienone is 1. The van der Waals surface area contributed by atoms with Crippen molar-refractivity contribution < 1.29 is 27.8 Å². The first-order chi connectivity index (χ1) is 13.3. The lowest BCUT2D eigenvalue weighted by molar-refractivity contribution is 0.0601. The highest BCUT2D eigenvalue weighted by atomic mass is 19.3. The average molecular weight is 389 g/mol. The summed E-state index contributed by atoms with van der Waals surface area (Å²) in [6.07, 6.45) is -2.41. The lowest BCUT2D eigenvalue weighted by atomic mass is 9.94. The molecule has 2 aromatic rings. The molecule has 28 heavy (non-hydrogen) atoms. The van der Waals surface area contributed by atoms with Gasteiger partial charge >= 0.3 is 5.97 Å². The van der Waals surface area contributed by atoms with Crippen molar-refractivity contribution in [2.24, 2.45) is 0 Å². The zero-order chi connectivity index (χ0) is 20.8. The molecule has 0 saturated carbocycles. The van der Waals surface area contributed by atoms with E-state index in [0.717, 1.165) is 0 Å². The number of methoxy groups -OCH3 is 2. The molecule has 148 valence electrons. The van der Waals surface area contributed by atoms with Crippen LogP contribution in [0.1, 0.15) is 27.9 Å². The first-order valence-corrected chi connectivity index (χ1v) is 8.41. The summed E-state index contributed by atoms with van der Waals surface area (Å²) in [5.74, 6) is 1.61. The van der Waals surface area contributed by atoms with Crippen LogP contribution in [0.4, 0.5) is 8.78 Å². The second-order valence-corrected chi connectivity index (χ2v) is 6.25. The monoisotopic (exact) mass is 389 g/mol. The molecule has 0 aromatic heterocycles. The Balaban J connectivity index is 2.69. The Bertz CT molecular complexity index is 919. The highest BCUT2D eigenvalue weighted by molar-refractivity contribution is 5.98. The fourth-order valence-corrected chi connectivity index (χ4v) is 2.76. The smallest absolute Gasteiger partial charge is 0.338 e. The molecule has 0 aliphatic heterocycles. The minimum Gasteiger partial charge on any atom is -0.496 e. The van der Waals surface area contributed by atoms with Crippen LogP contribution in [0.25, 0.3) is 11.1 Å². The van der Waals surface area contributed by atoms with Gasteiger partial charge < -0.3 is 14.4 Å². The van der Waals surface area contributed by atoms with Gasteiger partial charge in [0.05, 0.1) is 19.8 Å². The fourth-order valence-electron chi connectivity index (χ4n) is 2.76. The van der Waals surface area contributed by atoms with E-state index in [-0.39, 0.29) is 17.5 Å². The van der Waals surface area contributed by atoms with Crippen LogP contribution in [-0.4, -0.2) is 45.1 Å². The molecule has 0 bridgehead atoms. The number of benzene rings is 2. The van der Waals surface area contributed by atoms with Crippen molar-refractivity contribution in [3.8, 4) is 16.9 Å². The molecular formula is C21H21F2NO4. The molecule has 0 saturated heterocycles. The maximum absolute atomic E-state index is 13.2. The van der Waals surface area contributed by atoms with E-state index in [1.165, 1.54) is 32.4 Å². The van der Waals surface area contributed by atoms with E-state index in [2.05, 4.69) is 0 Å². The van der Waals surface area contributed by atoms with Gasteiger partial charge in [-0.25, -0.2) is 18.4 Å². The van der Waals surface area contributed by atoms with Crippen molar-refractivity contribution in [3.05, 3.63) is 58.8 Å². The second-order valence-electron chi connectivity index (χ2n) is 6.25. The Hall–Kier alpha value is -3.18. The molecule has 0 aliphatic carbocycles. The number of carbonyl (C=O) groups excluding carboxylic acids is 2. The molecule has 0 fully saturated rings. The van der Waals surface area contributed by atoms with E-state index >= 15 is 0 Å². The number of ether oxygens (including phenoxy) is 2. The van der Waals surface area contributed by atoms with E-state index in [1.807, 2.05) is 5.94 Å². The van der Waals surface area contributed by atoms with Crippen LogP contribution in [0.3, 0.4) is 0 Å². The highest BCUT2D eigenvalue weighted by Crippen LogP contribution is 2.36. The molecule has 0 heterocycles. The summed E-state index contributed by atoms with van der Waals surface area (Å²) >= 11 is 0. The lowest BCUT2D eigenvalue weighted by Crippen LogP contribution is -2.14. The third kappa shape index (κ3) is 4.56. The van der Waals surface area contributed by atoms with Crippen LogP contribution in [0, 0.1) is 0 Å². The van der Waals surface area contributed by atoms with Gasteiger partial charge in [-0.3, -0.25) is 0 Å².